The van der Waals surface area contributed by atoms with Crippen molar-refractivity contribution in [2.75, 3.05) is 0 Å². The van der Waals surface area contributed by atoms with Gasteiger partial charge in [0, 0.05) is 17.5 Å². The highest BCUT2D eigenvalue weighted by molar-refractivity contribution is 6.32. The summed E-state index contributed by atoms with van der Waals surface area (Å²) in [6.45, 7) is 6.34. The maximum atomic E-state index is 10.2. The fourth-order valence-corrected chi connectivity index (χ4v) is 3.12. The van der Waals surface area contributed by atoms with Crippen molar-refractivity contribution in [1.29, 1.82) is 0 Å². The molecule has 0 aliphatic heterocycles. The largest absolute Gasteiger partial charge is 0.508 e. The molecule has 0 radical (unpaired) electrons. The minimum Gasteiger partial charge on any atom is -0.508 e. The zero-order valence-corrected chi connectivity index (χ0v) is 13.6. The first kappa shape index (κ1) is 16.0. The number of allylic oxidation sites excluding steroid dienone is 4. The van der Waals surface area contributed by atoms with Crippen LogP contribution in [0.15, 0.2) is 35.4 Å². The monoisotopic (exact) mass is 306 g/mol. The Hall–Kier alpha value is -1.41. The highest BCUT2D eigenvalue weighted by Gasteiger charge is 2.27. The molecule has 0 saturated heterocycles. The molecule has 1 aliphatic rings. The van der Waals surface area contributed by atoms with Crippen molar-refractivity contribution >= 4 is 11.6 Å². The molecular weight excluding hydrogens is 284 g/mol. The van der Waals surface area contributed by atoms with Gasteiger partial charge in [0.2, 0.25) is 0 Å². The lowest BCUT2D eigenvalue weighted by Crippen LogP contribution is -2.15. The van der Waals surface area contributed by atoms with Crippen LogP contribution in [0.2, 0.25) is 5.02 Å². The van der Waals surface area contributed by atoms with Gasteiger partial charge < -0.3 is 10.2 Å². The number of rotatable bonds is 3. The molecule has 1 aromatic rings. The number of halogens is 1. The molecule has 0 amide bonds. The number of hydrogen-bond acceptors (Lipinski definition) is 2. The zero-order chi connectivity index (χ0) is 15.6. The van der Waals surface area contributed by atoms with E-state index in [1.165, 1.54) is 17.2 Å². The average molecular weight is 307 g/mol. The molecule has 1 aliphatic carbocycles. The third-order valence-electron chi connectivity index (χ3n) is 4.17. The van der Waals surface area contributed by atoms with Gasteiger partial charge in [0.05, 0.1) is 5.02 Å². The van der Waals surface area contributed by atoms with Crippen LogP contribution in [0.25, 0.3) is 0 Å². The fraction of sp³-hybridized carbons (Fsp3) is 0.444. The molecule has 0 aromatic heterocycles. The van der Waals surface area contributed by atoms with Crippen molar-refractivity contribution in [3.05, 3.63) is 46.0 Å². The van der Waals surface area contributed by atoms with E-state index >= 15 is 0 Å². The van der Waals surface area contributed by atoms with Crippen molar-refractivity contribution in [3.63, 3.8) is 0 Å². The van der Waals surface area contributed by atoms with Crippen molar-refractivity contribution in [3.8, 4) is 11.5 Å². The summed E-state index contributed by atoms with van der Waals surface area (Å²) in [6.07, 6.45) is 7.69. The van der Waals surface area contributed by atoms with Gasteiger partial charge in [-0.05, 0) is 52.0 Å². The minimum atomic E-state index is -0.0738. The second-order valence-corrected chi connectivity index (χ2v) is 6.62. The molecule has 21 heavy (non-hydrogen) atoms. The van der Waals surface area contributed by atoms with E-state index in [-0.39, 0.29) is 17.4 Å². The summed E-state index contributed by atoms with van der Waals surface area (Å²) in [5.74, 6) is 0.646. The highest BCUT2D eigenvalue weighted by Crippen LogP contribution is 2.44. The van der Waals surface area contributed by atoms with Crippen LogP contribution in [0.1, 0.15) is 51.5 Å². The van der Waals surface area contributed by atoms with Gasteiger partial charge in [-0.1, -0.05) is 34.9 Å². The smallest absolute Gasteiger partial charge is 0.137 e. The van der Waals surface area contributed by atoms with Gasteiger partial charge in [0.15, 0.2) is 0 Å². The number of aromatic hydroxyl groups is 2. The fourth-order valence-electron chi connectivity index (χ4n) is 2.95. The molecule has 0 spiro atoms. The number of hydrogen-bond donors (Lipinski definition) is 2. The molecule has 2 unspecified atom stereocenters. The topological polar surface area (TPSA) is 40.5 Å². The molecule has 114 valence electrons. The van der Waals surface area contributed by atoms with Crippen LogP contribution in [0.3, 0.4) is 0 Å². The lowest BCUT2D eigenvalue weighted by atomic mass is 9.75. The van der Waals surface area contributed by atoms with Crippen molar-refractivity contribution in [1.82, 2.24) is 0 Å². The zero-order valence-electron chi connectivity index (χ0n) is 12.9. The summed E-state index contributed by atoms with van der Waals surface area (Å²) < 4.78 is 0. The van der Waals surface area contributed by atoms with E-state index in [0.717, 1.165) is 24.8 Å². The van der Waals surface area contributed by atoms with Crippen molar-refractivity contribution in [2.45, 2.75) is 46.0 Å². The van der Waals surface area contributed by atoms with E-state index in [9.17, 15) is 10.2 Å². The third kappa shape index (κ3) is 3.82. The number of phenolic OH excluding ortho intramolecular Hbond substituents is 2. The Morgan fingerprint density at radius 1 is 1.29 bits per heavy atom. The first-order chi connectivity index (χ1) is 9.88. The van der Waals surface area contributed by atoms with Crippen LogP contribution in [-0.2, 0) is 0 Å². The second kappa shape index (κ2) is 6.57. The van der Waals surface area contributed by atoms with Gasteiger partial charge in [-0.3, -0.25) is 0 Å². The Bertz CT molecular complexity index is 583. The molecule has 0 bridgehead atoms. The van der Waals surface area contributed by atoms with Crippen LogP contribution in [0.5, 0.6) is 11.5 Å². The maximum Gasteiger partial charge on any atom is 0.137 e. The van der Waals surface area contributed by atoms with Crippen LogP contribution in [-0.4, -0.2) is 10.2 Å². The Morgan fingerprint density at radius 3 is 2.67 bits per heavy atom. The molecule has 2 atom stereocenters. The minimum absolute atomic E-state index is 0.0738. The second-order valence-electron chi connectivity index (χ2n) is 6.22. The van der Waals surface area contributed by atoms with Gasteiger partial charge >= 0.3 is 0 Å². The van der Waals surface area contributed by atoms with Gasteiger partial charge in [-0.25, -0.2) is 0 Å². The summed E-state index contributed by atoms with van der Waals surface area (Å²) in [5.41, 5.74) is 3.47. The van der Waals surface area contributed by atoms with E-state index in [2.05, 4.69) is 32.9 Å². The first-order valence-electron chi connectivity index (χ1n) is 7.40. The molecule has 3 heteroatoms. The van der Waals surface area contributed by atoms with Gasteiger partial charge in [0.25, 0.3) is 0 Å². The first-order valence-corrected chi connectivity index (χ1v) is 7.78. The highest BCUT2D eigenvalue weighted by atomic mass is 35.5. The molecule has 1 aromatic carbocycles. The summed E-state index contributed by atoms with van der Waals surface area (Å²) in [7, 11) is 0. The normalized spacial score (nSPS) is 21.8. The summed E-state index contributed by atoms with van der Waals surface area (Å²) >= 11 is 6.02. The predicted molar refractivity (Wildman–Crippen MR) is 88.1 cm³/mol. The van der Waals surface area contributed by atoms with E-state index < -0.39 is 0 Å². The van der Waals surface area contributed by atoms with Crippen LogP contribution in [0.4, 0.5) is 0 Å². The standard InChI is InChI=1S/C18H23ClO2/c1-11(2)4-6-13-7-5-12(3)8-14(13)15-9-16(19)18(21)10-17(15)20/h4,8-10,13-14,20-21H,5-7H2,1-3H3. The molecule has 0 fully saturated rings. The van der Waals surface area contributed by atoms with E-state index in [1.807, 2.05) is 0 Å². The quantitative estimate of drug-likeness (QED) is 0.719. The van der Waals surface area contributed by atoms with E-state index in [0.29, 0.717) is 10.9 Å². The Labute approximate surface area is 131 Å². The van der Waals surface area contributed by atoms with Gasteiger partial charge in [-0.15, -0.1) is 0 Å². The molecule has 2 nitrogen and oxygen atoms in total. The Morgan fingerprint density at radius 2 is 2.00 bits per heavy atom. The predicted octanol–water partition coefficient (Wildman–Crippen LogP) is 5.55. The molecule has 0 saturated carbocycles. The molecule has 2 rings (SSSR count). The summed E-state index contributed by atoms with van der Waals surface area (Å²) in [5, 5.41) is 20.1. The van der Waals surface area contributed by atoms with Gasteiger partial charge in [0.1, 0.15) is 11.5 Å². The average Bonchev–Trinajstić information content (AvgIpc) is 2.41. The van der Waals surface area contributed by atoms with Crippen molar-refractivity contribution < 1.29 is 10.2 Å². The van der Waals surface area contributed by atoms with Crippen LogP contribution in [0, 0.1) is 5.92 Å². The number of benzene rings is 1. The Kier molecular flexibility index (Phi) is 5.00. The summed E-state index contributed by atoms with van der Waals surface area (Å²) in [4.78, 5) is 0. The van der Waals surface area contributed by atoms with E-state index in [1.54, 1.807) is 6.07 Å². The van der Waals surface area contributed by atoms with Crippen LogP contribution < -0.4 is 0 Å². The lowest BCUT2D eigenvalue weighted by Gasteiger charge is -2.30. The SMILES string of the molecule is CC(C)=CCC1CCC(C)=CC1c1cc(Cl)c(O)cc1O. The Balaban J connectivity index is 2.38. The lowest BCUT2D eigenvalue weighted by molar-refractivity contribution is 0.399. The third-order valence-corrected chi connectivity index (χ3v) is 4.47. The number of phenols is 2. The molecule has 0 heterocycles. The van der Waals surface area contributed by atoms with Crippen LogP contribution >= 0.6 is 11.6 Å². The molecule has 2 N–H and O–H groups in total. The van der Waals surface area contributed by atoms with Gasteiger partial charge in [-0.2, -0.15) is 0 Å². The molecular formula is C18H23ClO2. The van der Waals surface area contributed by atoms with E-state index in [4.69, 9.17) is 11.6 Å². The van der Waals surface area contributed by atoms with Crippen molar-refractivity contribution in [2.24, 2.45) is 5.92 Å². The summed E-state index contributed by atoms with van der Waals surface area (Å²) in [6, 6.07) is 3.04. The maximum absolute atomic E-state index is 10.2.